The van der Waals surface area contributed by atoms with Crippen molar-refractivity contribution in [2.75, 3.05) is 13.2 Å². The summed E-state index contributed by atoms with van der Waals surface area (Å²) in [4.78, 5) is 27.2. The minimum absolute atomic E-state index is 0.246. The average Bonchev–Trinajstić information content (AvgIpc) is 2.77. The highest BCUT2D eigenvalue weighted by Gasteiger charge is 2.42. The molecule has 2 N–H and O–H groups in total. The Bertz CT molecular complexity index is 436. The van der Waals surface area contributed by atoms with E-state index < -0.39 is 24.4 Å². The fourth-order valence-electron chi connectivity index (χ4n) is 2.27. The fraction of sp³-hybridized carbons (Fsp3) is 0.800. The summed E-state index contributed by atoms with van der Waals surface area (Å²) in [7, 11) is 0. The summed E-state index contributed by atoms with van der Waals surface area (Å²) in [6.07, 6.45) is -0.909. The first-order valence-corrected chi connectivity index (χ1v) is 5.98. The number of ether oxygens (including phenoxy) is 1. The van der Waals surface area contributed by atoms with Crippen LogP contribution in [0.4, 0.5) is 4.79 Å². The normalized spacial score (nSPS) is 34.9. The Kier molecular flexibility index (Phi) is 3.89. The molecule has 0 aromatic heterocycles. The van der Waals surface area contributed by atoms with Gasteiger partial charge < -0.3 is 9.84 Å². The van der Waals surface area contributed by atoms with Crippen molar-refractivity contribution in [1.82, 2.24) is 10.2 Å². The molecule has 0 radical (unpaired) electrons. The van der Waals surface area contributed by atoms with Crippen LogP contribution in [0.3, 0.4) is 0 Å². The molecule has 3 amide bonds. The monoisotopic (exact) mass is 269 g/mol. The lowest BCUT2D eigenvalue weighted by Crippen LogP contribution is -2.57. The van der Waals surface area contributed by atoms with E-state index in [0.717, 1.165) is 0 Å². The van der Waals surface area contributed by atoms with Gasteiger partial charge in [-0.15, -0.1) is 0 Å². The first kappa shape index (κ1) is 13.6. The van der Waals surface area contributed by atoms with E-state index in [1.165, 1.54) is 4.90 Å². The lowest BCUT2D eigenvalue weighted by atomic mass is 10.1. The molecule has 0 aliphatic carbocycles. The van der Waals surface area contributed by atoms with Crippen molar-refractivity contribution in [1.29, 1.82) is 0 Å². The number of azide groups is 1. The van der Waals surface area contributed by atoms with E-state index in [1.807, 2.05) is 0 Å². The first-order chi connectivity index (χ1) is 9.06. The number of hydrogen-bond acceptors (Lipinski definition) is 5. The van der Waals surface area contributed by atoms with Crippen molar-refractivity contribution in [2.45, 2.75) is 31.7 Å². The lowest BCUT2D eigenvalue weighted by molar-refractivity contribution is -0.128. The number of imide groups is 1. The van der Waals surface area contributed by atoms with E-state index in [2.05, 4.69) is 15.3 Å². The largest absolute Gasteiger partial charge is 0.394 e. The number of carbonyl (C=O) groups is 2. The molecule has 4 atom stereocenters. The zero-order chi connectivity index (χ0) is 14.0. The lowest BCUT2D eigenvalue weighted by Gasteiger charge is -2.34. The van der Waals surface area contributed by atoms with Gasteiger partial charge in [0.15, 0.2) is 0 Å². The summed E-state index contributed by atoms with van der Waals surface area (Å²) in [5.74, 6) is -0.642. The Morgan fingerprint density at radius 1 is 1.63 bits per heavy atom. The molecule has 0 saturated carbocycles. The smallest absolute Gasteiger partial charge is 0.326 e. The second kappa shape index (κ2) is 5.43. The maximum atomic E-state index is 11.7. The van der Waals surface area contributed by atoms with E-state index in [4.69, 9.17) is 15.4 Å². The standard InChI is InChI=1S/C10H15N5O4/c1-5-3-15(10(18)12-9(5)17)8-2-6(13-14-11)7(4-16)19-8/h5-8,16H,2-4H2,1H3,(H,12,17,18)/t5?,6-,7+,8+/m0/s1. The number of aliphatic hydroxyl groups is 1. The number of hydrogen-bond donors (Lipinski definition) is 2. The molecule has 2 aliphatic rings. The van der Waals surface area contributed by atoms with Crippen LogP contribution in [0.15, 0.2) is 5.11 Å². The van der Waals surface area contributed by atoms with Crippen LogP contribution in [-0.4, -0.2) is 53.5 Å². The molecule has 9 heteroatoms. The molecule has 9 nitrogen and oxygen atoms in total. The fourth-order valence-corrected chi connectivity index (χ4v) is 2.27. The van der Waals surface area contributed by atoms with Crippen LogP contribution in [0.25, 0.3) is 10.4 Å². The van der Waals surface area contributed by atoms with Crippen molar-refractivity contribution >= 4 is 11.9 Å². The highest BCUT2D eigenvalue weighted by Crippen LogP contribution is 2.27. The first-order valence-electron chi connectivity index (χ1n) is 5.98. The van der Waals surface area contributed by atoms with Gasteiger partial charge in [-0.2, -0.15) is 0 Å². The van der Waals surface area contributed by atoms with Crippen LogP contribution in [0.2, 0.25) is 0 Å². The van der Waals surface area contributed by atoms with Gasteiger partial charge >= 0.3 is 6.03 Å². The topological polar surface area (TPSA) is 128 Å². The summed E-state index contributed by atoms with van der Waals surface area (Å²) >= 11 is 0. The number of carbonyl (C=O) groups excluding carboxylic acids is 2. The Balaban J connectivity index is 2.08. The predicted molar refractivity (Wildman–Crippen MR) is 62.7 cm³/mol. The molecule has 0 bridgehead atoms. The maximum Gasteiger partial charge on any atom is 0.326 e. The molecule has 2 fully saturated rings. The van der Waals surface area contributed by atoms with Crippen molar-refractivity contribution in [2.24, 2.45) is 11.0 Å². The molecule has 0 aromatic carbocycles. The number of amides is 3. The second-order valence-corrected chi connectivity index (χ2v) is 4.67. The Morgan fingerprint density at radius 3 is 3.00 bits per heavy atom. The molecule has 2 saturated heterocycles. The molecular formula is C10H15N5O4. The van der Waals surface area contributed by atoms with E-state index in [-0.39, 0.29) is 25.0 Å². The number of rotatable bonds is 3. The zero-order valence-electron chi connectivity index (χ0n) is 10.4. The SMILES string of the molecule is CC1CN([C@H]2C[C@H](N=[N+]=[N-])[C@@H](CO)O2)C(=O)NC1=O. The van der Waals surface area contributed by atoms with Crippen molar-refractivity contribution in [3.63, 3.8) is 0 Å². The van der Waals surface area contributed by atoms with Crippen LogP contribution in [0.5, 0.6) is 0 Å². The van der Waals surface area contributed by atoms with E-state index >= 15 is 0 Å². The van der Waals surface area contributed by atoms with E-state index in [1.54, 1.807) is 6.92 Å². The summed E-state index contributed by atoms with van der Waals surface area (Å²) in [6, 6.07) is -1.04. The average molecular weight is 269 g/mol. The third kappa shape index (κ3) is 2.62. The molecule has 19 heavy (non-hydrogen) atoms. The highest BCUT2D eigenvalue weighted by atomic mass is 16.5. The Morgan fingerprint density at radius 2 is 2.37 bits per heavy atom. The van der Waals surface area contributed by atoms with Gasteiger partial charge in [-0.05, 0) is 5.53 Å². The van der Waals surface area contributed by atoms with Gasteiger partial charge in [-0.1, -0.05) is 12.0 Å². The van der Waals surface area contributed by atoms with E-state index in [0.29, 0.717) is 6.42 Å². The summed E-state index contributed by atoms with van der Waals surface area (Å²) < 4.78 is 5.51. The molecule has 1 unspecified atom stereocenters. The van der Waals surface area contributed by atoms with Crippen LogP contribution < -0.4 is 5.32 Å². The summed E-state index contributed by atoms with van der Waals surface area (Å²) in [5, 5.41) is 14.9. The van der Waals surface area contributed by atoms with E-state index in [9.17, 15) is 9.59 Å². The number of nitrogens with zero attached hydrogens (tertiary/aromatic N) is 4. The number of nitrogens with one attached hydrogen (secondary N) is 1. The third-order valence-corrected chi connectivity index (χ3v) is 3.34. The molecule has 104 valence electrons. The van der Waals surface area contributed by atoms with Gasteiger partial charge in [-0.3, -0.25) is 15.0 Å². The third-order valence-electron chi connectivity index (χ3n) is 3.34. The summed E-state index contributed by atoms with van der Waals surface area (Å²) in [5.41, 5.74) is 8.45. The van der Waals surface area contributed by atoms with Crippen LogP contribution in [0.1, 0.15) is 13.3 Å². The predicted octanol–water partition coefficient (Wildman–Crippen LogP) is -0.0395. The van der Waals surface area contributed by atoms with Gasteiger partial charge in [0.1, 0.15) is 6.23 Å². The van der Waals surface area contributed by atoms with Crippen molar-refractivity contribution in [3.8, 4) is 0 Å². The molecule has 0 spiro atoms. The van der Waals surface area contributed by atoms with Crippen molar-refractivity contribution < 1.29 is 19.4 Å². The molecule has 2 aliphatic heterocycles. The molecular weight excluding hydrogens is 254 g/mol. The minimum atomic E-state index is -0.623. The summed E-state index contributed by atoms with van der Waals surface area (Å²) in [6.45, 7) is 1.67. The van der Waals surface area contributed by atoms with Crippen LogP contribution in [0, 0.1) is 5.92 Å². The van der Waals surface area contributed by atoms with Gasteiger partial charge in [-0.25, -0.2) is 4.79 Å². The van der Waals surface area contributed by atoms with Gasteiger partial charge in [0.05, 0.1) is 24.7 Å². The van der Waals surface area contributed by atoms with Gasteiger partial charge in [0.25, 0.3) is 0 Å². The second-order valence-electron chi connectivity index (χ2n) is 4.67. The quantitative estimate of drug-likeness (QED) is 0.423. The molecule has 0 aromatic rings. The molecule has 2 heterocycles. The Labute approximate surface area is 109 Å². The Hall–Kier alpha value is -1.83. The van der Waals surface area contributed by atoms with Crippen LogP contribution >= 0.6 is 0 Å². The van der Waals surface area contributed by atoms with Gasteiger partial charge in [0.2, 0.25) is 5.91 Å². The highest BCUT2D eigenvalue weighted by molar-refractivity contribution is 5.97. The minimum Gasteiger partial charge on any atom is -0.394 e. The van der Waals surface area contributed by atoms with Crippen molar-refractivity contribution in [3.05, 3.63) is 10.4 Å². The zero-order valence-corrected chi connectivity index (χ0v) is 10.4. The molecule has 2 rings (SSSR count). The van der Waals surface area contributed by atoms with Crippen LogP contribution in [-0.2, 0) is 9.53 Å². The van der Waals surface area contributed by atoms with Gasteiger partial charge in [0, 0.05) is 17.9 Å². The number of urea groups is 1. The maximum absolute atomic E-state index is 11.7. The number of aliphatic hydroxyl groups excluding tert-OH is 1.